The van der Waals surface area contributed by atoms with Crippen molar-refractivity contribution in [2.24, 2.45) is 0 Å². The van der Waals surface area contributed by atoms with E-state index in [0.717, 1.165) is 28.1 Å². The Kier molecular flexibility index (Phi) is 5.26. The number of fused-ring (bicyclic) bond motifs is 1. The van der Waals surface area contributed by atoms with Gasteiger partial charge in [0.05, 0.1) is 17.1 Å². The Hall–Kier alpha value is -2.82. The Morgan fingerprint density at radius 1 is 1.12 bits per heavy atom. The summed E-state index contributed by atoms with van der Waals surface area (Å²) >= 11 is 0. The number of anilines is 1. The minimum Gasteiger partial charge on any atom is -0.399 e. The molecule has 1 heterocycles. The van der Waals surface area contributed by atoms with Crippen LogP contribution in [0, 0.1) is 0 Å². The smallest absolute Gasteiger partial charge is 0.220 e. The summed E-state index contributed by atoms with van der Waals surface area (Å²) in [6.07, 6.45) is 1.03. The zero-order chi connectivity index (χ0) is 18.7. The van der Waals surface area contributed by atoms with Crippen molar-refractivity contribution in [2.75, 3.05) is 5.73 Å². The molecule has 3 rings (SSSR count). The number of nitrogen functional groups attached to an aromatic ring is 1. The van der Waals surface area contributed by atoms with Gasteiger partial charge in [-0.1, -0.05) is 30.3 Å². The molecule has 3 N–H and O–H groups in total. The molecular weight excluding hydrogens is 324 g/mol. The van der Waals surface area contributed by atoms with Crippen LogP contribution in [0.3, 0.4) is 0 Å². The highest BCUT2D eigenvalue weighted by molar-refractivity contribution is 5.78. The van der Waals surface area contributed by atoms with Gasteiger partial charge in [0, 0.05) is 18.2 Å². The number of aromatic nitrogens is 2. The Balaban J connectivity index is 1.72. The molecule has 1 atom stereocenters. The first-order chi connectivity index (χ1) is 12.5. The Labute approximate surface area is 154 Å². The summed E-state index contributed by atoms with van der Waals surface area (Å²) in [5.41, 5.74) is 9.73. The number of imidazole rings is 1. The third kappa shape index (κ3) is 3.72. The third-order valence-electron chi connectivity index (χ3n) is 4.58. The second-order valence-electron chi connectivity index (χ2n) is 6.91. The molecule has 0 aliphatic carbocycles. The average Bonchev–Trinajstić information content (AvgIpc) is 3.01. The van der Waals surface area contributed by atoms with E-state index in [1.807, 2.05) is 49.4 Å². The van der Waals surface area contributed by atoms with Crippen LogP contribution in [0.1, 0.15) is 50.7 Å². The van der Waals surface area contributed by atoms with Crippen LogP contribution in [-0.4, -0.2) is 15.5 Å². The molecule has 0 spiro atoms. The van der Waals surface area contributed by atoms with Crippen molar-refractivity contribution in [3.8, 4) is 0 Å². The fourth-order valence-corrected chi connectivity index (χ4v) is 3.30. The molecule has 2 aromatic carbocycles. The van der Waals surface area contributed by atoms with Gasteiger partial charge in [-0.3, -0.25) is 4.79 Å². The molecule has 0 aliphatic heterocycles. The van der Waals surface area contributed by atoms with Gasteiger partial charge in [-0.25, -0.2) is 4.98 Å². The topological polar surface area (TPSA) is 72.9 Å². The van der Waals surface area contributed by atoms with Crippen LogP contribution in [0.4, 0.5) is 5.69 Å². The average molecular weight is 350 g/mol. The number of rotatable bonds is 6. The maximum Gasteiger partial charge on any atom is 0.220 e. The molecule has 0 bridgehead atoms. The first-order valence-corrected chi connectivity index (χ1v) is 9.07. The predicted octanol–water partition coefficient (Wildman–Crippen LogP) is 4.01. The maximum absolute atomic E-state index is 12.4. The van der Waals surface area contributed by atoms with Gasteiger partial charge in [0.25, 0.3) is 0 Å². The summed E-state index contributed by atoms with van der Waals surface area (Å²) in [4.78, 5) is 17.2. The summed E-state index contributed by atoms with van der Waals surface area (Å²) in [6.45, 7) is 6.24. The number of carbonyl (C=O) groups excluding carboxylic acids is 1. The molecule has 136 valence electrons. The molecular formula is C21H26N4O. The van der Waals surface area contributed by atoms with Gasteiger partial charge >= 0.3 is 0 Å². The number of nitrogens with zero attached hydrogens (tertiary/aromatic N) is 2. The van der Waals surface area contributed by atoms with Crippen molar-refractivity contribution in [3.63, 3.8) is 0 Å². The number of amides is 1. The van der Waals surface area contributed by atoms with Gasteiger partial charge in [-0.15, -0.1) is 0 Å². The molecule has 0 saturated carbocycles. The van der Waals surface area contributed by atoms with Gasteiger partial charge in [0.1, 0.15) is 5.82 Å². The Bertz CT molecular complexity index is 913. The Morgan fingerprint density at radius 3 is 2.54 bits per heavy atom. The first-order valence-electron chi connectivity index (χ1n) is 9.07. The van der Waals surface area contributed by atoms with Crippen LogP contribution in [0.5, 0.6) is 0 Å². The lowest BCUT2D eigenvalue weighted by Crippen LogP contribution is -2.29. The molecule has 1 aromatic heterocycles. The molecule has 5 heteroatoms. The molecule has 26 heavy (non-hydrogen) atoms. The minimum absolute atomic E-state index is 0.00288. The summed E-state index contributed by atoms with van der Waals surface area (Å²) in [5.74, 6) is 0.886. The lowest BCUT2D eigenvalue weighted by atomic mass is 10.1. The van der Waals surface area contributed by atoms with Gasteiger partial charge in [-0.2, -0.15) is 0 Å². The van der Waals surface area contributed by atoms with Crippen molar-refractivity contribution < 1.29 is 4.79 Å². The van der Waals surface area contributed by atoms with E-state index < -0.39 is 0 Å². The Morgan fingerprint density at radius 2 is 1.81 bits per heavy atom. The number of nitrogens with two attached hydrogens (primary N) is 1. The zero-order valence-electron chi connectivity index (χ0n) is 15.6. The second kappa shape index (κ2) is 7.60. The normalized spacial score (nSPS) is 12.5. The summed E-state index contributed by atoms with van der Waals surface area (Å²) in [5, 5.41) is 3.08. The van der Waals surface area contributed by atoms with Gasteiger partial charge in [0.15, 0.2) is 0 Å². The van der Waals surface area contributed by atoms with Crippen LogP contribution in [0.2, 0.25) is 0 Å². The van der Waals surface area contributed by atoms with Gasteiger partial charge in [-0.05, 0) is 51.0 Å². The van der Waals surface area contributed by atoms with Crippen LogP contribution in [0.25, 0.3) is 11.0 Å². The molecule has 1 unspecified atom stereocenters. The number of nitrogens with one attached hydrogen (secondary N) is 1. The van der Waals surface area contributed by atoms with Crippen molar-refractivity contribution in [2.45, 2.75) is 45.7 Å². The number of benzene rings is 2. The van der Waals surface area contributed by atoms with Crippen LogP contribution < -0.4 is 11.1 Å². The molecule has 0 radical (unpaired) electrons. The highest BCUT2D eigenvalue weighted by atomic mass is 16.1. The number of para-hydroxylation sites is 3. The van der Waals surface area contributed by atoms with Crippen LogP contribution in [0.15, 0.2) is 48.5 Å². The largest absolute Gasteiger partial charge is 0.399 e. The predicted molar refractivity (Wildman–Crippen MR) is 106 cm³/mol. The van der Waals surface area contributed by atoms with Gasteiger partial charge in [0.2, 0.25) is 5.91 Å². The van der Waals surface area contributed by atoms with E-state index in [1.165, 1.54) is 0 Å². The minimum atomic E-state index is -0.162. The molecule has 5 nitrogen and oxygen atoms in total. The fourth-order valence-electron chi connectivity index (χ4n) is 3.30. The van der Waals surface area contributed by atoms with E-state index in [4.69, 9.17) is 10.7 Å². The monoisotopic (exact) mass is 350 g/mol. The van der Waals surface area contributed by atoms with E-state index in [-0.39, 0.29) is 18.0 Å². The van der Waals surface area contributed by atoms with Crippen molar-refractivity contribution in [1.29, 1.82) is 0 Å². The molecule has 3 aromatic rings. The van der Waals surface area contributed by atoms with E-state index in [0.29, 0.717) is 12.8 Å². The van der Waals surface area contributed by atoms with Crippen molar-refractivity contribution >= 4 is 22.6 Å². The van der Waals surface area contributed by atoms with Crippen LogP contribution >= 0.6 is 0 Å². The summed E-state index contributed by atoms with van der Waals surface area (Å²) < 4.78 is 2.19. The molecule has 0 fully saturated rings. The number of hydrogen-bond donors (Lipinski definition) is 2. The van der Waals surface area contributed by atoms with Gasteiger partial charge < -0.3 is 15.6 Å². The highest BCUT2D eigenvalue weighted by Crippen LogP contribution is 2.25. The van der Waals surface area contributed by atoms with E-state index >= 15 is 0 Å². The lowest BCUT2D eigenvalue weighted by molar-refractivity contribution is -0.121. The molecule has 1 amide bonds. The maximum atomic E-state index is 12.4. The first kappa shape index (κ1) is 18.0. The van der Waals surface area contributed by atoms with E-state index in [9.17, 15) is 4.79 Å². The fraction of sp³-hybridized carbons (Fsp3) is 0.333. The van der Waals surface area contributed by atoms with E-state index in [1.54, 1.807) is 0 Å². The van der Waals surface area contributed by atoms with Crippen molar-refractivity contribution in [3.05, 3.63) is 59.9 Å². The molecule has 0 saturated heterocycles. The molecule has 0 aliphatic rings. The van der Waals surface area contributed by atoms with Crippen molar-refractivity contribution in [1.82, 2.24) is 14.9 Å². The standard InChI is InChI=1S/C21H26N4O/c1-14(2)25-19-11-7-6-10-18(19)24-21(25)15(3)23-20(26)13-12-16-8-4-5-9-17(16)22/h4-11,14-15H,12-13,22H2,1-3H3,(H,23,26). The summed E-state index contributed by atoms with van der Waals surface area (Å²) in [7, 11) is 0. The highest BCUT2D eigenvalue weighted by Gasteiger charge is 2.19. The number of hydrogen-bond acceptors (Lipinski definition) is 3. The SMILES string of the molecule is CC(NC(=O)CCc1ccccc1N)c1nc2ccccc2n1C(C)C. The van der Waals surface area contributed by atoms with Crippen LogP contribution in [-0.2, 0) is 11.2 Å². The number of aryl methyl sites for hydroxylation is 1. The summed E-state index contributed by atoms with van der Waals surface area (Å²) in [6, 6.07) is 15.8. The lowest BCUT2D eigenvalue weighted by Gasteiger charge is -2.19. The third-order valence-corrected chi connectivity index (χ3v) is 4.58. The number of carbonyl (C=O) groups is 1. The zero-order valence-corrected chi connectivity index (χ0v) is 15.6. The quantitative estimate of drug-likeness (QED) is 0.660. The van der Waals surface area contributed by atoms with E-state index in [2.05, 4.69) is 29.8 Å². The second-order valence-corrected chi connectivity index (χ2v) is 6.91.